The first-order valence-electron chi connectivity index (χ1n) is 5.17. The quantitative estimate of drug-likeness (QED) is 0.765. The molecule has 0 spiro atoms. The van der Waals surface area contributed by atoms with Crippen LogP contribution in [0.25, 0.3) is 0 Å². The van der Waals surface area contributed by atoms with E-state index in [0.29, 0.717) is 18.4 Å². The maximum Gasteiger partial charge on any atom is 0.342 e. The van der Waals surface area contributed by atoms with Crippen LogP contribution in [0.1, 0.15) is 23.2 Å². The lowest BCUT2D eigenvalue weighted by Gasteiger charge is -2.12. The van der Waals surface area contributed by atoms with Gasteiger partial charge in [-0.25, -0.2) is 4.79 Å². The van der Waals surface area contributed by atoms with E-state index >= 15 is 0 Å². The van der Waals surface area contributed by atoms with E-state index in [4.69, 9.17) is 14.6 Å². The molecule has 1 aliphatic rings. The minimum absolute atomic E-state index is 0.0407. The summed E-state index contributed by atoms with van der Waals surface area (Å²) in [6, 6.07) is 3.30. The smallest absolute Gasteiger partial charge is 0.342 e. The second-order valence-corrected chi connectivity index (χ2v) is 3.59. The highest BCUT2D eigenvalue weighted by Crippen LogP contribution is 2.21. The molecule has 1 aromatic rings. The fraction of sp³-hybridized carbons (Fsp3) is 0.455. The largest absolute Gasteiger partial charge is 0.432 e. The number of carbonyl (C=O) groups excluding carboxylic acids is 1. The molecule has 0 bridgehead atoms. The molecule has 2 atom stereocenters. The third-order valence-electron chi connectivity index (χ3n) is 2.41. The van der Waals surface area contributed by atoms with Crippen molar-refractivity contribution < 1.29 is 19.4 Å². The van der Waals surface area contributed by atoms with Gasteiger partial charge in [0.05, 0.1) is 18.3 Å². The SMILES string of the molecule is O=C(OC1CCC(CO)O1)c1cccnc1. The highest BCUT2D eigenvalue weighted by molar-refractivity contribution is 5.88. The molecular formula is C11H13NO4. The molecule has 16 heavy (non-hydrogen) atoms. The van der Waals surface area contributed by atoms with E-state index in [9.17, 15) is 4.79 Å². The molecule has 0 amide bonds. The molecule has 0 radical (unpaired) electrons. The summed E-state index contributed by atoms with van der Waals surface area (Å²) in [6.45, 7) is -0.0407. The van der Waals surface area contributed by atoms with Gasteiger partial charge in [-0.05, 0) is 18.6 Å². The van der Waals surface area contributed by atoms with Gasteiger partial charge in [0.15, 0.2) is 0 Å². The zero-order valence-electron chi connectivity index (χ0n) is 8.70. The normalized spacial score (nSPS) is 24.3. The van der Waals surface area contributed by atoms with Gasteiger partial charge in [-0.3, -0.25) is 4.98 Å². The molecule has 1 aromatic heterocycles. The van der Waals surface area contributed by atoms with Crippen LogP contribution in [0.15, 0.2) is 24.5 Å². The number of nitrogens with zero attached hydrogens (tertiary/aromatic N) is 1. The van der Waals surface area contributed by atoms with Gasteiger partial charge in [-0.1, -0.05) is 0 Å². The third-order valence-corrected chi connectivity index (χ3v) is 2.41. The molecule has 1 aliphatic heterocycles. The minimum atomic E-state index is -0.551. The number of rotatable bonds is 3. The summed E-state index contributed by atoms with van der Waals surface area (Å²) in [6.07, 6.45) is 3.60. The summed E-state index contributed by atoms with van der Waals surface area (Å²) in [7, 11) is 0. The monoisotopic (exact) mass is 223 g/mol. The summed E-state index contributed by atoms with van der Waals surface area (Å²) in [5.41, 5.74) is 0.401. The van der Waals surface area contributed by atoms with Crippen molar-refractivity contribution in [2.75, 3.05) is 6.61 Å². The molecule has 0 aromatic carbocycles. The van der Waals surface area contributed by atoms with Crippen molar-refractivity contribution in [3.05, 3.63) is 30.1 Å². The molecule has 86 valence electrons. The first-order valence-corrected chi connectivity index (χ1v) is 5.17. The first-order chi connectivity index (χ1) is 7.79. The van der Waals surface area contributed by atoms with E-state index in [-0.39, 0.29) is 12.7 Å². The van der Waals surface area contributed by atoms with Gasteiger partial charge in [0, 0.05) is 18.8 Å². The van der Waals surface area contributed by atoms with Gasteiger partial charge in [0.1, 0.15) is 0 Å². The molecule has 2 unspecified atom stereocenters. The zero-order valence-corrected chi connectivity index (χ0v) is 8.70. The maximum atomic E-state index is 11.6. The van der Waals surface area contributed by atoms with Crippen molar-refractivity contribution in [3.8, 4) is 0 Å². The van der Waals surface area contributed by atoms with Crippen molar-refractivity contribution in [2.45, 2.75) is 25.2 Å². The Morgan fingerprint density at radius 2 is 2.50 bits per heavy atom. The molecule has 1 N–H and O–H groups in total. The van der Waals surface area contributed by atoms with Crippen molar-refractivity contribution in [3.63, 3.8) is 0 Å². The summed E-state index contributed by atoms with van der Waals surface area (Å²) in [5.74, 6) is -0.448. The topological polar surface area (TPSA) is 68.7 Å². The Morgan fingerprint density at radius 3 is 3.12 bits per heavy atom. The fourth-order valence-corrected chi connectivity index (χ4v) is 1.56. The second-order valence-electron chi connectivity index (χ2n) is 3.59. The van der Waals surface area contributed by atoms with E-state index < -0.39 is 12.3 Å². The third kappa shape index (κ3) is 2.56. The Morgan fingerprint density at radius 1 is 1.62 bits per heavy atom. The number of pyridine rings is 1. The minimum Gasteiger partial charge on any atom is -0.432 e. The zero-order chi connectivity index (χ0) is 11.4. The fourth-order valence-electron chi connectivity index (χ4n) is 1.56. The molecule has 1 fully saturated rings. The van der Waals surface area contributed by atoms with Gasteiger partial charge in [0.25, 0.3) is 0 Å². The van der Waals surface area contributed by atoms with Crippen LogP contribution in [-0.2, 0) is 9.47 Å². The Labute approximate surface area is 93.0 Å². The Bertz CT molecular complexity index is 354. The number of aliphatic hydroxyl groups excluding tert-OH is 1. The van der Waals surface area contributed by atoms with Gasteiger partial charge < -0.3 is 14.6 Å². The van der Waals surface area contributed by atoms with Gasteiger partial charge in [0.2, 0.25) is 6.29 Å². The van der Waals surface area contributed by atoms with Crippen LogP contribution in [0.3, 0.4) is 0 Å². The summed E-state index contributed by atoms with van der Waals surface area (Å²) >= 11 is 0. The molecule has 0 aliphatic carbocycles. The van der Waals surface area contributed by atoms with Gasteiger partial charge >= 0.3 is 5.97 Å². The highest BCUT2D eigenvalue weighted by atomic mass is 16.7. The Hall–Kier alpha value is -1.46. The molecule has 2 heterocycles. The van der Waals surface area contributed by atoms with E-state index in [1.54, 1.807) is 18.3 Å². The van der Waals surface area contributed by atoms with Crippen LogP contribution in [0.4, 0.5) is 0 Å². The summed E-state index contributed by atoms with van der Waals surface area (Å²) in [4.78, 5) is 15.4. The Balaban J connectivity index is 1.89. The van der Waals surface area contributed by atoms with Crippen LogP contribution in [0, 0.1) is 0 Å². The van der Waals surface area contributed by atoms with Gasteiger partial charge in [-0.2, -0.15) is 0 Å². The number of aliphatic hydroxyl groups is 1. The van der Waals surface area contributed by atoms with E-state index in [1.807, 2.05) is 0 Å². The number of hydrogen-bond acceptors (Lipinski definition) is 5. The summed E-state index contributed by atoms with van der Waals surface area (Å²) in [5, 5.41) is 8.86. The van der Waals surface area contributed by atoms with Crippen molar-refractivity contribution in [2.24, 2.45) is 0 Å². The standard InChI is InChI=1S/C11H13NO4/c13-7-9-3-4-10(15-9)16-11(14)8-2-1-5-12-6-8/h1-2,5-6,9-10,13H,3-4,7H2. The van der Waals surface area contributed by atoms with Crippen LogP contribution < -0.4 is 0 Å². The molecule has 0 saturated carbocycles. The number of ether oxygens (including phenoxy) is 2. The summed E-state index contributed by atoms with van der Waals surface area (Å²) < 4.78 is 10.4. The average Bonchev–Trinajstić information content (AvgIpc) is 2.78. The lowest BCUT2D eigenvalue weighted by molar-refractivity contribution is -0.110. The highest BCUT2D eigenvalue weighted by Gasteiger charge is 2.27. The number of carbonyl (C=O) groups is 1. The van der Waals surface area contributed by atoms with Crippen molar-refractivity contribution in [1.29, 1.82) is 0 Å². The molecule has 2 rings (SSSR count). The lowest BCUT2D eigenvalue weighted by Crippen LogP contribution is -2.20. The van der Waals surface area contributed by atoms with Crippen molar-refractivity contribution in [1.82, 2.24) is 4.98 Å². The van der Waals surface area contributed by atoms with Crippen LogP contribution in [-0.4, -0.2) is 35.1 Å². The average molecular weight is 223 g/mol. The van der Waals surface area contributed by atoms with Crippen LogP contribution >= 0.6 is 0 Å². The van der Waals surface area contributed by atoms with E-state index in [0.717, 1.165) is 0 Å². The molecular weight excluding hydrogens is 210 g/mol. The molecule has 1 saturated heterocycles. The van der Waals surface area contributed by atoms with Crippen LogP contribution in [0.5, 0.6) is 0 Å². The van der Waals surface area contributed by atoms with E-state index in [2.05, 4.69) is 4.98 Å². The maximum absolute atomic E-state index is 11.6. The predicted molar refractivity (Wildman–Crippen MR) is 54.6 cm³/mol. The molecule has 5 nitrogen and oxygen atoms in total. The second kappa shape index (κ2) is 5.05. The first kappa shape index (κ1) is 11.0. The molecule has 5 heteroatoms. The number of esters is 1. The van der Waals surface area contributed by atoms with Gasteiger partial charge in [-0.15, -0.1) is 0 Å². The number of hydrogen-bond donors (Lipinski definition) is 1. The van der Waals surface area contributed by atoms with Crippen molar-refractivity contribution >= 4 is 5.97 Å². The van der Waals surface area contributed by atoms with Crippen LogP contribution in [0.2, 0.25) is 0 Å². The number of aromatic nitrogens is 1. The van der Waals surface area contributed by atoms with E-state index in [1.165, 1.54) is 6.20 Å². The predicted octanol–water partition coefficient (Wildman–Crippen LogP) is 0.736. The lowest BCUT2D eigenvalue weighted by atomic mass is 10.2. The Kier molecular flexibility index (Phi) is 3.48.